The highest BCUT2D eigenvalue weighted by molar-refractivity contribution is 5.67. The van der Waals surface area contributed by atoms with Crippen molar-refractivity contribution in [3.63, 3.8) is 0 Å². The van der Waals surface area contributed by atoms with E-state index < -0.39 is 12.0 Å². The zero-order valence-corrected chi connectivity index (χ0v) is 12.3. The van der Waals surface area contributed by atoms with E-state index in [0.29, 0.717) is 0 Å². The molecule has 2 rings (SSSR count). The van der Waals surface area contributed by atoms with Gasteiger partial charge in [0.25, 0.3) is 0 Å². The van der Waals surface area contributed by atoms with Gasteiger partial charge in [-0.1, -0.05) is 55.5 Å². The van der Waals surface area contributed by atoms with E-state index in [-0.39, 0.29) is 6.42 Å². The highest BCUT2D eigenvalue weighted by Gasteiger charge is 2.11. The first kappa shape index (κ1) is 15.3. The maximum Gasteiger partial charge on any atom is 0.305 e. The largest absolute Gasteiger partial charge is 0.481 e. The molecule has 0 heterocycles. The van der Waals surface area contributed by atoms with Gasteiger partial charge in [0.1, 0.15) is 0 Å². The molecule has 110 valence electrons. The van der Waals surface area contributed by atoms with Crippen molar-refractivity contribution in [3.05, 3.63) is 70.8 Å². The quantitative estimate of drug-likeness (QED) is 0.855. The Hall–Kier alpha value is -2.13. The van der Waals surface area contributed by atoms with Crippen LogP contribution in [-0.4, -0.2) is 11.1 Å². The number of aliphatic carboxylic acids is 1. The Morgan fingerprint density at radius 1 is 1.14 bits per heavy atom. The molecule has 0 fully saturated rings. The van der Waals surface area contributed by atoms with Gasteiger partial charge in [-0.3, -0.25) is 4.79 Å². The third kappa shape index (κ3) is 4.17. The topological polar surface area (TPSA) is 63.3 Å². The molecule has 2 aromatic rings. The number of rotatable bonds is 6. The van der Waals surface area contributed by atoms with E-state index in [2.05, 4.69) is 37.3 Å². The van der Waals surface area contributed by atoms with Gasteiger partial charge >= 0.3 is 5.97 Å². The van der Waals surface area contributed by atoms with Gasteiger partial charge < -0.3 is 10.8 Å². The zero-order valence-electron chi connectivity index (χ0n) is 12.3. The average molecular weight is 283 g/mol. The molecule has 0 aromatic heterocycles. The van der Waals surface area contributed by atoms with Crippen molar-refractivity contribution in [1.82, 2.24) is 0 Å². The number of nitrogens with two attached hydrogens (primary N) is 1. The van der Waals surface area contributed by atoms with Crippen LogP contribution in [0.25, 0.3) is 0 Å². The number of carboxylic acid groups (broad SMARTS) is 1. The van der Waals surface area contributed by atoms with Gasteiger partial charge in [-0.15, -0.1) is 0 Å². The normalized spacial score (nSPS) is 12.1. The minimum absolute atomic E-state index is 0.0466. The van der Waals surface area contributed by atoms with E-state index in [1.165, 1.54) is 11.1 Å². The molecule has 2 aromatic carbocycles. The summed E-state index contributed by atoms with van der Waals surface area (Å²) in [4.78, 5) is 10.8. The number of carboxylic acids is 1. The summed E-state index contributed by atoms with van der Waals surface area (Å²) >= 11 is 0. The first-order valence-corrected chi connectivity index (χ1v) is 7.23. The van der Waals surface area contributed by atoms with E-state index >= 15 is 0 Å². The van der Waals surface area contributed by atoms with Crippen LogP contribution in [0.15, 0.2) is 48.5 Å². The van der Waals surface area contributed by atoms with Crippen LogP contribution >= 0.6 is 0 Å². The van der Waals surface area contributed by atoms with Crippen molar-refractivity contribution in [2.24, 2.45) is 5.73 Å². The fourth-order valence-electron chi connectivity index (χ4n) is 2.53. The van der Waals surface area contributed by atoms with Crippen molar-refractivity contribution in [3.8, 4) is 0 Å². The summed E-state index contributed by atoms with van der Waals surface area (Å²) in [6.07, 6.45) is 1.81. The van der Waals surface area contributed by atoms with Crippen molar-refractivity contribution in [2.45, 2.75) is 32.2 Å². The third-order valence-corrected chi connectivity index (χ3v) is 3.67. The summed E-state index contributed by atoms with van der Waals surface area (Å²) in [6, 6.07) is 15.9. The van der Waals surface area contributed by atoms with E-state index in [1.807, 2.05) is 18.2 Å². The Bertz CT molecular complexity index is 622. The van der Waals surface area contributed by atoms with Crippen LogP contribution in [0.1, 0.15) is 41.6 Å². The maximum atomic E-state index is 10.8. The van der Waals surface area contributed by atoms with Crippen molar-refractivity contribution in [1.29, 1.82) is 0 Å². The summed E-state index contributed by atoms with van der Waals surface area (Å²) < 4.78 is 0. The van der Waals surface area contributed by atoms with Crippen LogP contribution in [0.2, 0.25) is 0 Å². The second-order valence-electron chi connectivity index (χ2n) is 5.25. The lowest BCUT2D eigenvalue weighted by Crippen LogP contribution is -2.15. The molecule has 0 bridgehead atoms. The minimum atomic E-state index is -0.871. The number of hydrogen-bond donors (Lipinski definition) is 2. The smallest absolute Gasteiger partial charge is 0.305 e. The molecule has 0 amide bonds. The van der Waals surface area contributed by atoms with E-state index in [1.54, 1.807) is 0 Å². The van der Waals surface area contributed by atoms with E-state index in [4.69, 9.17) is 10.8 Å². The van der Waals surface area contributed by atoms with Crippen LogP contribution in [0.3, 0.4) is 0 Å². The Morgan fingerprint density at radius 2 is 1.86 bits per heavy atom. The van der Waals surface area contributed by atoms with E-state index in [9.17, 15) is 4.79 Å². The molecule has 0 aliphatic heterocycles. The van der Waals surface area contributed by atoms with Crippen molar-refractivity contribution in [2.75, 3.05) is 0 Å². The molecule has 0 aliphatic rings. The maximum absolute atomic E-state index is 10.8. The molecule has 21 heavy (non-hydrogen) atoms. The fourth-order valence-corrected chi connectivity index (χ4v) is 2.53. The summed E-state index contributed by atoms with van der Waals surface area (Å²) in [5, 5.41) is 8.84. The molecule has 1 atom stereocenters. The third-order valence-electron chi connectivity index (χ3n) is 3.67. The van der Waals surface area contributed by atoms with Gasteiger partial charge in [0.05, 0.1) is 6.42 Å². The van der Waals surface area contributed by atoms with E-state index in [0.717, 1.165) is 24.0 Å². The Balaban J connectivity index is 2.19. The summed E-state index contributed by atoms with van der Waals surface area (Å²) in [7, 11) is 0. The highest BCUT2D eigenvalue weighted by atomic mass is 16.4. The molecule has 3 heteroatoms. The predicted molar refractivity (Wildman–Crippen MR) is 84.2 cm³/mol. The summed E-state index contributed by atoms with van der Waals surface area (Å²) in [5.74, 6) is -0.871. The lowest BCUT2D eigenvalue weighted by atomic mass is 9.95. The number of hydrogen-bond acceptors (Lipinski definition) is 2. The zero-order chi connectivity index (χ0) is 15.2. The molecule has 0 aliphatic carbocycles. The van der Waals surface area contributed by atoms with Crippen LogP contribution in [-0.2, 0) is 17.6 Å². The average Bonchev–Trinajstić information content (AvgIpc) is 2.47. The molecule has 3 nitrogen and oxygen atoms in total. The van der Waals surface area contributed by atoms with Crippen LogP contribution in [0.4, 0.5) is 0 Å². The minimum Gasteiger partial charge on any atom is -0.481 e. The first-order valence-electron chi connectivity index (χ1n) is 7.23. The first-order chi connectivity index (χ1) is 10.1. The summed E-state index contributed by atoms with van der Waals surface area (Å²) in [6.45, 7) is 2.15. The van der Waals surface area contributed by atoms with Gasteiger partial charge in [-0.25, -0.2) is 0 Å². The van der Waals surface area contributed by atoms with Crippen LogP contribution < -0.4 is 5.73 Å². The van der Waals surface area contributed by atoms with Crippen molar-refractivity contribution < 1.29 is 9.90 Å². The second-order valence-corrected chi connectivity index (χ2v) is 5.25. The Morgan fingerprint density at radius 3 is 2.52 bits per heavy atom. The van der Waals surface area contributed by atoms with Gasteiger partial charge in [0, 0.05) is 6.04 Å². The number of benzene rings is 2. The van der Waals surface area contributed by atoms with Gasteiger partial charge in [0.2, 0.25) is 0 Å². The fraction of sp³-hybridized carbons (Fsp3) is 0.278. The predicted octanol–water partition coefficient (Wildman–Crippen LogP) is 3.31. The molecule has 0 saturated heterocycles. The molecule has 3 N–H and O–H groups in total. The summed E-state index contributed by atoms with van der Waals surface area (Å²) in [5.41, 5.74) is 10.6. The molecular formula is C18H21NO2. The lowest BCUT2D eigenvalue weighted by Gasteiger charge is -2.12. The molecule has 0 radical (unpaired) electrons. The number of aryl methyl sites for hydroxylation is 1. The molecule has 0 saturated carbocycles. The lowest BCUT2D eigenvalue weighted by molar-refractivity contribution is -0.137. The SMILES string of the molecule is CCc1ccccc1Cc1cccc([C@@H](N)CC(=O)O)c1. The highest BCUT2D eigenvalue weighted by Crippen LogP contribution is 2.19. The molecule has 0 unspecified atom stereocenters. The van der Waals surface area contributed by atoms with Crippen LogP contribution in [0.5, 0.6) is 0 Å². The second kappa shape index (κ2) is 7.04. The Labute approximate surface area is 125 Å². The Kier molecular flexibility index (Phi) is 5.12. The molecular weight excluding hydrogens is 262 g/mol. The van der Waals surface area contributed by atoms with Crippen LogP contribution in [0, 0.1) is 0 Å². The standard InChI is InChI=1S/C18H21NO2/c1-2-14-7-3-4-8-15(14)10-13-6-5-9-16(11-13)17(19)12-18(20)21/h3-9,11,17H,2,10,12,19H2,1H3,(H,20,21)/t17-/m0/s1. The van der Waals surface area contributed by atoms with Crippen molar-refractivity contribution >= 4 is 5.97 Å². The van der Waals surface area contributed by atoms with Gasteiger partial charge in [-0.05, 0) is 35.1 Å². The van der Waals surface area contributed by atoms with Gasteiger partial charge in [0.15, 0.2) is 0 Å². The molecule has 0 spiro atoms. The number of carbonyl (C=O) groups is 1. The monoisotopic (exact) mass is 283 g/mol. The van der Waals surface area contributed by atoms with Gasteiger partial charge in [-0.2, -0.15) is 0 Å².